The third-order valence-electron chi connectivity index (χ3n) is 2.10. The molecule has 1 aromatic rings. The summed E-state index contributed by atoms with van der Waals surface area (Å²) in [6, 6.07) is 7.71. The van der Waals surface area contributed by atoms with Gasteiger partial charge in [0.25, 0.3) is 0 Å². The molecule has 0 radical (unpaired) electrons. The molecule has 0 heterocycles. The molecule has 3 N–H and O–H groups in total. The molecule has 1 aromatic carbocycles. The van der Waals surface area contributed by atoms with Gasteiger partial charge in [-0.25, -0.2) is 0 Å². The molecule has 0 spiro atoms. The topological polar surface area (TPSA) is 55.1 Å². The standard InChI is InChI=1S/C11H16N2O/c1-3-11(12)9-4-6-10(7-5-9)13-8(2)14/h4-7,11H,3,12H2,1-2H3,(H,13,14)/t11-/m0/s1. The Bertz CT molecular complexity index is 306. The Kier molecular flexibility index (Phi) is 3.65. The molecule has 1 rings (SSSR count). The van der Waals surface area contributed by atoms with Crippen molar-refractivity contribution in [3.63, 3.8) is 0 Å². The summed E-state index contributed by atoms with van der Waals surface area (Å²) in [5.74, 6) is -0.0578. The molecule has 0 fully saturated rings. The van der Waals surface area contributed by atoms with Crippen molar-refractivity contribution in [2.24, 2.45) is 5.73 Å². The lowest BCUT2D eigenvalue weighted by molar-refractivity contribution is -0.114. The fourth-order valence-electron chi connectivity index (χ4n) is 1.25. The lowest BCUT2D eigenvalue weighted by atomic mass is 10.1. The number of benzene rings is 1. The Balaban J connectivity index is 2.73. The zero-order chi connectivity index (χ0) is 10.6. The first-order valence-electron chi connectivity index (χ1n) is 4.76. The van der Waals surface area contributed by atoms with Crippen LogP contribution in [0.25, 0.3) is 0 Å². The first kappa shape index (κ1) is 10.7. The number of hydrogen-bond acceptors (Lipinski definition) is 2. The maximum atomic E-state index is 10.8. The molecule has 1 atom stereocenters. The smallest absolute Gasteiger partial charge is 0.221 e. The molecule has 3 heteroatoms. The summed E-state index contributed by atoms with van der Waals surface area (Å²) < 4.78 is 0. The van der Waals surface area contributed by atoms with Gasteiger partial charge in [0, 0.05) is 18.7 Å². The van der Waals surface area contributed by atoms with Gasteiger partial charge in [0.15, 0.2) is 0 Å². The van der Waals surface area contributed by atoms with Gasteiger partial charge in [-0.1, -0.05) is 19.1 Å². The predicted octanol–water partition coefficient (Wildman–Crippen LogP) is 2.05. The van der Waals surface area contributed by atoms with Crippen molar-refractivity contribution in [1.29, 1.82) is 0 Å². The van der Waals surface area contributed by atoms with Gasteiger partial charge in [-0.15, -0.1) is 0 Å². The van der Waals surface area contributed by atoms with Crippen LogP contribution in [-0.4, -0.2) is 5.91 Å². The number of carbonyl (C=O) groups is 1. The highest BCUT2D eigenvalue weighted by atomic mass is 16.1. The summed E-state index contributed by atoms with van der Waals surface area (Å²) >= 11 is 0. The molecule has 0 unspecified atom stereocenters. The summed E-state index contributed by atoms with van der Waals surface area (Å²) in [5, 5.41) is 2.71. The van der Waals surface area contributed by atoms with Crippen LogP contribution in [0.15, 0.2) is 24.3 Å². The molecule has 3 nitrogen and oxygen atoms in total. The van der Waals surface area contributed by atoms with E-state index in [-0.39, 0.29) is 11.9 Å². The average Bonchev–Trinajstić information content (AvgIpc) is 2.17. The van der Waals surface area contributed by atoms with Gasteiger partial charge in [0.05, 0.1) is 0 Å². The Morgan fingerprint density at radius 2 is 2.00 bits per heavy atom. The summed E-state index contributed by atoms with van der Waals surface area (Å²) in [6.45, 7) is 3.54. The fraction of sp³-hybridized carbons (Fsp3) is 0.364. The van der Waals surface area contributed by atoms with Crippen molar-refractivity contribution in [3.8, 4) is 0 Å². The zero-order valence-electron chi connectivity index (χ0n) is 8.58. The number of amides is 1. The van der Waals surface area contributed by atoms with Crippen molar-refractivity contribution in [2.45, 2.75) is 26.3 Å². The van der Waals surface area contributed by atoms with Crippen LogP contribution in [0.5, 0.6) is 0 Å². The van der Waals surface area contributed by atoms with E-state index in [0.29, 0.717) is 0 Å². The number of hydrogen-bond donors (Lipinski definition) is 2. The molecular formula is C11H16N2O. The maximum absolute atomic E-state index is 10.8. The van der Waals surface area contributed by atoms with Crippen LogP contribution in [0, 0.1) is 0 Å². The molecule has 0 aliphatic heterocycles. The summed E-state index contributed by atoms with van der Waals surface area (Å²) in [7, 11) is 0. The van der Waals surface area contributed by atoms with Crippen molar-refractivity contribution in [1.82, 2.24) is 0 Å². The highest BCUT2D eigenvalue weighted by Crippen LogP contribution is 2.16. The van der Waals surface area contributed by atoms with E-state index in [1.165, 1.54) is 6.92 Å². The number of rotatable bonds is 3. The van der Waals surface area contributed by atoms with Crippen LogP contribution in [0.3, 0.4) is 0 Å². The molecular weight excluding hydrogens is 176 g/mol. The van der Waals surface area contributed by atoms with Crippen LogP contribution >= 0.6 is 0 Å². The Labute approximate surface area is 84.3 Å². The summed E-state index contributed by atoms with van der Waals surface area (Å²) in [4.78, 5) is 10.8. The minimum Gasteiger partial charge on any atom is -0.326 e. The van der Waals surface area contributed by atoms with Crippen molar-refractivity contribution in [2.75, 3.05) is 5.32 Å². The van der Waals surface area contributed by atoms with Gasteiger partial charge in [0.2, 0.25) is 5.91 Å². The van der Waals surface area contributed by atoms with E-state index in [9.17, 15) is 4.79 Å². The largest absolute Gasteiger partial charge is 0.326 e. The third-order valence-corrected chi connectivity index (χ3v) is 2.10. The lowest BCUT2D eigenvalue weighted by Crippen LogP contribution is -2.09. The SMILES string of the molecule is CC[C@H](N)c1ccc(NC(C)=O)cc1. The van der Waals surface area contributed by atoms with Crippen molar-refractivity contribution in [3.05, 3.63) is 29.8 Å². The van der Waals surface area contributed by atoms with Crippen LogP contribution in [0.1, 0.15) is 31.9 Å². The van der Waals surface area contributed by atoms with Gasteiger partial charge in [-0.3, -0.25) is 4.79 Å². The molecule has 0 aliphatic rings. The van der Waals surface area contributed by atoms with Gasteiger partial charge >= 0.3 is 0 Å². The van der Waals surface area contributed by atoms with Crippen molar-refractivity contribution >= 4 is 11.6 Å². The highest BCUT2D eigenvalue weighted by Gasteiger charge is 2.02. The molecule has 76 valence electrons. The Hall–Kier alpha value is -1.35. The highest BCUT2D eigenvalue weighted by molar-refractivity contribution is 5.88. The van der Waals surface area contributed by atoms with Crippen LogP contribution in [0.4, 0.5) is 5.69 Å². The second-order valence-electron chi connectivity index (χ2n) is 3.32. The summed E-state index contributed by atoms with van der Waals surface area (Å²) in [6.07, 6.45) is 0.916. The van der Waals surface area contributed by atoms with Gasteiger partial charge in [-0.2, -0.15) is 0 Å². The molecule has 0 saturated carbocycles. The Morgan fingerprint density at radius 3 is 2.43 bits per heavy atom. The number of nitrogens with two attached hydrogens (primary N) is 1. The van der Waals surface area contributed by atoms with E-state index in [1.807, 2.05) is 31.2 Å². The molecule has 14 heavy (non-hydrogen) atoms. The number of anilines is 1. The van der Waals surface area contributed by atoms with E-state index in [4.69, 9.17) is 5.73 Å². The van der Waals surface area contributed by atoms with Crippen LogP contribution in [0.2, 0.25) is 0 Å². The van der Waals surface area contributed by atoms with E-state index in [0.717, 1.165) is 17.7 Å². The van der Waals surface area contributed by atoms with E-state index < -0.39 is 0 Å². The quantitative estimate of drug-likeness (QED) is 0.770. The van der Waals surface area contributed by atoms with Gasteiger partial charge in [0.1, 0.15) is 0 Å². The monoisotopic (exact) mass is 192 g/mol. The molecule has 0 aliphatic carbocycles. The van der Waals surface area contributed by atoms with Crippen LogP contribution in [-0.2, 0) is 4.79 Å². The first-order chi connectivity index (χ1) is 6.63. The number of carbonyl (C=O) groups excluding carboxylic acids is 1. The van der Waals surface area contributed by atoms with Crippen LogP contribution < -0.4 is 11.1 Å². The maximum Gasteiger partial charge on any atom is 0.221 e. The predicted molar refractivity (Wildman–Crippen MR) is 58.0 cm³/mol. The number of nitrogens with one attached hydrogen (secondary N) is 1. The zero-order valence-corrected chi connectivity index (χ0v) is 8.58. The summed E-state index contributed by atoms with van der Waals surface area (Å²) in [5.41, 5.74) is 7.77. The van der Waals surface area contributed by atoms with Gasteiger partial charge in [-0.05, 0) is 24.1 Å². The second-order valence-corrected chi connectivity index (χ2v) is 3.32. The first-order valence-corrected chi connectivity index (χ1v) is 4.76. The molecule has 0 saturated heterocycles. The van der Waals surface area contributed by atoms with Crippen molar-refractivity contribution < 1.29 is 4.79 Å². The lowest BCUT2D eigenvalue weighted by Gasteiger charge is -2.09. The second kappa shape index (κ2) is 4.77. The minimum absolute atomic E-state index is 0.0578. The van der Waals surface area contributed by atoms with Gasteiger partial charge < -0.3 is 11.1 Å². The average molecular weight is 192 g/mol. The molecule has 0 bridgehead atoms. The fourth-order valence-corrected chi connectivity index (χ4v) is 1.25. The normalized spacial score (nSPS) is 12.2. The molecule has 0 aromatic heterocycles. The third kappa shape index (κ3) is 2.85. The molecule has 1 amide bonds. The Morgan fingerprint density at radius 1 is 1.43 bits per heavy atom. The van der Waals surface area contributed by atoms with E-state index in [2.05, 4.69) is 5.32 Å². The minimum atomic E-state index is -0.0578. The van der Waals surface area contributed by atoms with E-state index >= 15 is 0 Å². The van der Waals surface area contributed by atoms with E-state index in [1.54, 1.807) is 0 Å².